The van der Waals surface area contributed by atoms with Gasteiger partial charge in [0.2, 0.25) is 5.91 Å². The minimum atomic E-state index is -0.111. The Hall–Kier alpha value is -1.39. The predicted molar refractivity (Wildman–Crippen MR) is 95.8 cm³/mol. The second kappa shape index (κ2) is 7.66. The summed E-state index contributed by atoms with van der Waals surface area (Å²) in [6.07, 6.45) is 4.00. The number of piperidine rings is 1. The zero-order chi connectivity index (χ0) is 17.0. The molecular formula is C20H30N2O2. The first kappa shape index (κ1) is 17.4. The van der Waals surface area contributed by atoms with E-state index in [9.17, 15) is 4.79 Å². The van der Waals surface area contributed by atoms with Gasteiger partial charge in [-0.1, -0.05) is 36.8 Å². The average Bonchev–Trinajstić information content (AvgIpc) is 2.61. The Bertz CT molecular complexity index is 549. The van der Waals surface area contributed by atoms with E-state index < -0.39 is 0 Å². The molecule has 1 amide bonds. The van der Waals surface area contributed by atoms with Crippen LogP contribution >= 0.6 is 0 Å². The number of carbonyl (C=O) groups is 1. The van der Waals surface area contributed by atoms with Crippen molar-refractivity contribution >= 4 is 5.91 Å². The molecule has 132 valence electrons. The van der Waals surface area contributed by atoms with Crippen LogP contribution in [0.3, 0.4) is 0 Å². The van der Waals surface area contributed by atoms with Gasteiger partial charge in [0.05, 0.1) is 12.0 Å². The number of hydrogen-bond donors (Lipinski definition) is 2. The van der Waals surface area contributed by atoms with Crippen LogP contribution in [0.5, 0.6) is 0 Å². The summed E-state index contributed by atoms with van der Waals surface area (Å²) in [4.78, 5) is 12.8. The third-order valence-corrected chi connectivity index (χ3v) is 5.57. The van der Waals surface area contributed by atoms with Gasteiger partial charge in [0.15, 0.2) is 0 Å². The average molecular weight is 330 g/mol. The molecule has 4 nitrogen and oxygen atoms in total. The molecule has 0 saturated carbocycles. The van der Waals surface area contributed by atoms with Crippen molar-refractivity contribution in [2.75, 3.05) is 26.2 Å². The van der Waals surface area contributed by atoms with E-state index in [1.54, 1.807) is 0 Å². The summed E-state index contributed by atoms with van der Waals surface area (Å²) in [6.45, 7) is 7.96. The summed E-state index contributed by atoms with van der Waals surface area (Å²) in [6, 6.07) is 8.39. The Morgan fingerprint density at radius 2 is 2.00 bits per heavy atom. The molecule has 2 fully saturated rings. The molecule has 2 aliphatic heterocycles. The van der Waals surface area contributed by atoms with Crippen LogP contribution in [-0.4, -0.2) is 32.1 Å². The molecule has 0 radical (unpaired) electrons. The monoisotopic (exact) mass is 330 g/mol. The van der Waals surface area contributed by atoms with Crippen molar-refractivity contribution in [2.45, 2.75) is 45.6 Å². The Morgan fingerprint density at radius 3 is 2.71 bits per heavy atom. The van der Waals surface area contributed by atoms with E-state index in [-0.39, 0.29) is 23.3 Å². The third kappa shape index (κ3) is 4.17. The summed E-state index contributed by atoms with van der Waals surface area (Å²) in [5.41, 5.74) is 2.57. The van der Waals surface area contributed by atoms with Crippen molar-refractivity contribution in [1.29, 1.82) is 0 Å². The normalized spacial score (nSPS) is 26.8. The highest BCUT2D eigenvalue weighted by molar-refractivity contribution is 5.79. The summed E-state index contributed by atoms with van der Waals surface area (Å²) in [5.74, 6) is 0.0757. The quantitative estimate of drug-likeness (QED) is 0.892. The van der Waals surface area contributed by atoms with Crippen molar-refractivity contribution in [2.24, 2.45) is 11.3 Å². The number of benzene rings is 1. The van der Waals surface area contributed by atoms with Gasteiger partial charge in [-0.3, -0.25) is 4.79 Å². The highest BCUT2D eigenvalue weighted by Crippen LogP contribution is 2.34. The fraction of sp³-hybridized carbons (Fsp3) is 0.650. The minimum absolute atomic E-state index is 0.0771. The molecule has 0 aromatic heterocycles. The van der Waals surface area contributed by atoms with Crippen LogP contribution in [0.1, 0.15) is 49.8 Å². The van der Waals surface area contributed by atoms with Crippen LogP contribution in [0, 0.1) is 18.3 Å². The molecule has 4 heteroatoms. The van der Waals surface area contributed by atoms with Crippen LogP contribution in [-0.2, 0) is 9.53 Å². The lowest BCUT2D eigenvalue weighted by atomic mass is 9.80. The highest BCUT2D eigenvalue weighted by atomic mass is 16.5. The van der Waals surface area contributed by atoms with Gasteiger partial charge in [-0.05, 0) is 56.7 Å². The lowest BCUT2D eigenvalue weighted by Gasteiger charge is -2.36. The van der Waals surface area contributed by atoms with Gasteiger partial charge in [0.1, 0.15) is 0 Å². The number of aryl methyl sites for hydroxylation is 1. The first-order valence-corrected chi connectivity index (χ1v) is 9.24. The van der Waals surface area contributed by atoms with Crippen LogP contribution in [0.4, 0.5) is 0 Å². The summed E-state index contributed by atoms with van der Waals surface area (Å²) >= 11 is 0. The molecule has 24 heavy (non-hydrogen) atoms. The lowest BCUT2D eigenvalue weighted by Crippen LogP contribution is -2.45. The van der Waals surface area contributed by atoms with Crippen molar-refractivity contribution in [1.82, 2.24) is 10.6 Å². The molecule has 2 aliphatic rings. The van der Waals surface area contributed by atoms with Gasteiger partial charge in [0, 0.05) is 13.2 Å². The fourth-order valence-corrected chi connectivity index (χ4v) is 3.77. The van der Waals surface area contributed by atoms with E-state index in [1.807, 2.05) is 0 Å². The second-order valence-electron chi connectivity index (χ2n) is 7.73. The zero-order valence-electron chi connectivity index (χ0n) is 14.9. The van der Waals surface area contributed by atoms with E-state index in [1.165, 1.54) is 5.56 Å². The predicted octanol–water partition coefficient (Wildman–Crippen LogP) is 2.97. The standard InChI is InChI=1S/C20H30N2O2/c1-15-5-7-16(8-6-15)18-17(4-3-13-24-18)19(23)22-14-20(2)9-11-21-12-10-20/h5-8,17-18,21H,3-4,9-14H2,1-2H3,(H,22,23). The highest BCUT2D eigenvalue weighted by Gasteiger charge is 2.34. The molecule has 2 heterocycles. The van der Waals surface area contributed by atoms with E-state index in [0.717, 1.165) is 57.5 Å². The van der Waals surface area contributed by atoms with Crippen LogP contribution in [0.15, 0.2) is 24.3 Å². The molecule has 2 unspecified atom stereocenters. The van der Waals surface area contributed by atoms with Gasteiger partial charge < -0.3 is 15.4 Å². The third-order valence-electron chi connectivity index (χ3n) is 5.57. The molecule has 3 rings (SSSR count). The first-order chi connectivity index (χ1) is 11.6. The van der Waals surface area contributed by atoms with Gasteiger partial charge in [-0.2, -0.15) is 0 Å². The molecule has 1 aromatic carbocycles. The molecule has 0 bridgehead atoms. The number of amides is 1. The number of hydrogen-bond acceptors (Lipinski definition) is 3. The van der Waals surface area contributed by atoms with E-state index in [2.05, 4.69) is 48.7 Å². The number of rotatable bonds is 4. The second-order valence-corrected chi connectivity index (χ2v) is 7.73. The van der Waals surface area contributed by atoms with Crippen molar-refractivity contribution in [3.63, 3.8) is 0 Å². The fourth-order valence-electron chi connectivity index (χ4n) is 3.77. The van der Waals surface area contributed by atoms with Crippen LogP contribution < -0.4 is 10.6 Å². The van der Waals surface area contributed by atoms with Crippen molar-refractivity contribution < 1.29 is 9.53 Å². The SMILES string of the molecule is Cc1ccc(C2OCCCC2C(=O)NCC2(C)CCNCC2)cc1. The number of ether oxygens (including phenoxy) is 1. The summed E-state index contributed by atoms with van der Waals surface area (Å²) < 4.78 is 5.98. The Kier molecular flexibility index (Phi) is 5.57. The van der Waals surface area contributed by atoms with Gasteiger partial charge in [-0.15, -0.1) is 0 Å². The number of carbonyl (C=O) groups excluding carboxylic acids is 1. The van der Waals surface area contributed by atoms with Crippen LogP contribution in [0.25, 0.3) is 0 Å². The Morgan fingerprint density at radius 1 is 1.29 bits per heavy atom. The van der Waals surface area contributed by atoms with Crippen molar-refractivity contribution in [3.8, 4) is 0 Å². The lowest BCUT2D eigenvalue weighted by molar-refractivity contribution is -0.135. The first-order valence-electron chi connectivity index (χ1n) is 9.24. The van der Waals surface area contributed by atoms with Crippen molar-refractivity contribution in [3.05, 3.63) is 35.4 Å². The minimum Gasteiger partial charge on any atom is -0.373 e. The van der Waals surface area contributed by atoms with Crippen LogP contribution in [0.2, 0.25) is 0 Å². The molecule has 2 N–H and O–H groups in total. The number of nitrogens with one attached hydrogen (secondary N) is 2. The van der Waals surface area contributed by atoms with Gasteiger partial charge >= 0.3 is 0 Å². The molecule has 2 saturated heterocycles. The summed E-state index contributed by atoms with van der Waals surface area (Å²) in [5, 5.41) is 6.62. The van der Waals surface area contributed by atoms with Gasteiger partial charge in [-0.25, -0.2) is 0 Å². The van der Waals surface area contributed by atoms with E-state index in [4.69, 9.17) is 4.74 Å². The zero-order valence-corrected chi connectivity index (χ0v) is 14.9. The molecule has 0 spiro atoms. The largest absolute Gasteiger partial charge is 0.373 e. The summed E-state index contributed by atoms with van der Waals surface area (Å²) in [7, 11) is 0. The molecule has 2 atom stereocenters. The molecular weight excluding hydrogens is 300 g/mol. The Balaban J connectivity index is 1.64. The molecule has 1 aromatic rings. The van der Waals surface area contributed by atoms with E-state index >= 15 is 0 Å². The molecule has 0 aliphatic carbocycles. The maximum atomic E-state index is 12.8. The van der Waals surface area contributed by atoms with Gasteiger partial charge in [0.25, 0.3) is 0 Å². The van der Waals surface area contributed by atoms with E-state index in [0.29, 0.717) is 0 Å². The topological polar surface area (TPSA) is 50.4 Å². The smallest absolute Gasteiger partial charge is 0.226 e. The Labute approximate surface area is 145 Å². The maximum Gasteiger partial charge on any atom is 0.226 e. The maximum absolute atomic E-state index is 12.8.